The number of hydrogen-bond donors (Lipinski definition) is 1. The van der Waals surface area contributed by atoms with E-state index in [9.17, 15) is 15.3 Å². The zero-order chi connectivity index (χ0) is 27.4. The molecule has 0 radical (unpaired) electrons. The molecule has 1 fully saturated rings. The molecule has 5 heterocycles. The molecule has 2 N–H and O–H groups in total. The summed E-state index contributed by atoms with van der Waals surface area (Å²) >= 11 is 1.55. The summed E-state index contributed by atoms with van der Waals surface area (Å²) in [5.74, 6) is 1.17. The largest absolute Gasteiger partial charge is 0.493 e. The second kappa shape index (κ2) is 9.55. The highest BCUT2D eigenvalue weighted by atomic mass is 32.1. The number of nitriles is 2. The van der Waals surface area contributed by atoms with Gasteiger partial charge in [0.25, 0.3) is 0 Å². The first-order valence-electron chi connectivity index (χ1n) is 13.0. The topological polar surface area (TPSA) is 125 Å². The number of piperidine rings is 1. The van der Waals surface area contributed by atoms with E-state index in [1.807, 2.05) is 4.90 Å². The van der Waals surface area contributed by atoms with Gasteiger partial charge in [0.1, 0.15) is 16.9 Å². The van der Waals surface area contributed by atoms with Crippen molar-refractivity contribution in [3.05, 3.63) is 51.5 Å². The van der Waals surface area contributed by atoms with Crippen LogP contribution in [0.2, 0.25) is 0 Å². The highest BCUT2D eigenvalue weighted by Gasteiger charge is 2.44. The fourth-order valence-electron chi connectivity index (χ4n) is 6.59. The Hall–Kier alpha value is -4.15. The van der Waals surface area contributed by atoms with Crippen LogP contribution in [0.25, 0.3) is 0 Å². The molecule has 200 valence electrons. The molecule has 0 amide bonds. The molecule has 4 aliphatic heterocycles. The molecule has 2 aromatic rings. The van der Waals surface area contributed by atoms with E-state index in [0.717, 1.165) is 42.2 Å². The third kappa shape index (κ3) is 3.59. The molecule has 2 bridgehead atoms. The van der Waals surface area contributed by atoms with Crippen molar-refractivity contribution in [2.45, 2.75) is 43.9 Å². The van der Waals surface area contributed by atoms with Gasteiger partial charge in [0, 0.05) is 36.3 Å². The number of carbonyl (C=O) groups excluding carboxylic acids is 1. The zero-order valence-corrected chi connectivity index (χ0v) is 23.0. The minimum atomic E-state index is -0.692. The molecule has 9 nitrogen and oxygen atoms in total. The second-order valence-corrected chi connectivity index (χ2v) is 11.1. The smallest absolute Gasteiger partial charge is 0.203 e. The number of nitrogens with zero attached hydrogens (tertiary/aromatic N) is 4. The number of rotatable bonds is 5. The average molecular weight is 544 g/mol. The van der Waals surface area contributed by atoms with Gasteiger partial charge in [-0.1, -0.05) is 11.3 Å². The number of benzene rings is 1. The summed E-state index contributed by atoms with van der Waals surface area (Å²) in [6, 6.07) is 8.32. The monoisotopic (exact) mass is 543 g/mol. The van der Waals surface area contributed by atoms with Crippen molar-refractivity contribution < 1.29 is 19.0 Å². The molecular formula is C29H29N5O4S. The van der Waals surface area contributed by atoms with E-state index in [1.54, 1.807) is 23.5 Å². The van der Waals surface area contributed by atoms with Gasteiger partial charge in [-0.05, 0) is 49.3 Å². The Balaban J connectivity index is 1.59. The van der Waals surface area contributed by atoms with Crippen molar-refractivity contribution in [1.29, 1.82) is 10.5 Å². The molecule has 1 atom stereocenters. The Morgan fingerprint density at radius 2 is 1.69 bits per heavy atom. The lowest BCUT2D eigenvalue weighted by atomic mass is 9.75. The van der Waals surface area contributed by atoms with Crippen LogP contribution in [-0.2, 0) is 4.79 Å². The predicted molar refractivity (Wildman–Crippen MR) is 147 cm³/mol. The lowest BCUT2D eigenvalue weighted by Gasteiger charge is -2.39. The van der Waals surface area contributed by atoms with Crippen LogP contribution in [0.4, 0.5) is 10.0 Å². The van der Waals surface area contributed by atoms with E-state index in [1.165, 1.54) is 21.3 Å². The number of fused-ring (bicyclic) bond motifs is 2. The van der Waals surface area contributed by atoms with Crippen LogP contribution in [0.5, 0.6) is 17.2 Å². The molecule has 1 aromatic heterocycles. The molecule has 39 heavy (non-hydrogen) atoms. The van der Waals surface area contributed by atoms with Crippen LogP contribution in [0.1, 0.15) is 60.6 Å². The summed E-state index contributed by atoms with van der Waals surface area (Å²) in [5, 5.41) is 22.6. The van der Waals surface area contributed by atoms with Crippen LogP contribution >= 0.6 is 11.3 Å². The Labute approximate surface area is 231 Å². The average Bonchev–Trinajstić information content (AvgIpc) is 3.37. The van der Waals surface area contributed by atoms with Crippen molar-refractivity contribution in [1.82, 2.24) is 0 Å². The fraction of sp³-hybridized carbons (Fsp3) is 0.414. The molecular weight excluding hydrogens is 514 g/mol. The number of allylic oxidation sites excluding steroid dienone is 3. The Kier molecular flexibility index (Phi) is 6.16. The van der Waals surface area contributed by atoms with Gasteiger partial charge < -0.3 is 24.8 Å². The highest BCUT2D eigenvalue weighted by Crippen LogP contribution is 2.56. The Morgan fingerprint density at radius 3 is 2.28 bits per heavy atom. The quantitative estimate of drug-likeness (QED) is 0.574. The lowest BCUT2D eigenvalue weighted by molar-refractivity contribution is -0.116. The molecule has 10 heteroatoms. The minimum Gasteiger partial charge on any atom is -0.493 e. The zero-order valence-electron chi connectivity index (χ0n) is 22.2. The van der Waals surface area contributed by atoms with Crippen LogP contribution in [0.15, 0.2) is 34.8 Å². The number of methoxy groups -OCH3 is 3. The molecule has 1 aliphatic carbocycles. The van der Waals surface area contributed by atoms with Gasteiger partial charge in [0.05, 0.1) is 49.5 Å². The number of ketones is 1. The molecule has 0 spiro atoms. The second-order valence-electron chi connectivity index (χ2n) is 10.1. The summed E-state index contributed by atoms with van der Waals surface area (Å²) in [6.45, 7) is 1.96. The van der Waals surface area contributed by atoms with Crippen molar-refractivity contribution in [2.24, 2.45) is 5.73 Å². The van der Waals surface area contributed by atoms with E-state index in [0.29, 0.717) is 64.1 Å². The highest BCUT2D eigenvalue weighted by molar-refractivity contribution is 7.20. The maximum atomic E-state index is 13.6. The van der Waals surface area contributed by atoms with Gasteiger partial charge in [0.15, 0.2) is 17.3 Å². The van der Waals surface area contributed by atoms with Crippen molar-refractivity contribution in [2.75, 3.05) is 44.2 Å². The van der Waals surface area contributed by atoms with E-state index in [4.69, 9.17) is 19.9 Å². The van der Waals surface area contributed by atoms with Gasteiger partial charge in [-0.2, -0.15) is 10.5 Å². The Bertz CT molecular complexity index is 1510. The first-order valence-corrected chi connectivity index (χ1v) is 13.9. The van der Waals surface area contributed by atoms with Crippen LogP contribution in [0.3, 0.4) is 0 Å². The number of ether oxygens (including phenoxy) is 3. The molecule has 0 saturated carbocycles. The van der Waals surface area contributed by atoms with E-state index < -0.39 is 5.92 Å². The first-order chi connectivity index (χ1) is 19.0. The minimum absolute atomic E-state index is 0.0242. The number of nitrogens with two attached hydrogens (primary N) is 1. The molecule has 1 saturated heterocycles. The van der Waals surface area contributed by atoms with Crippen LogP contribution in [-0.4, -0.2) is 40.2 Å². The third-order valence-corrected chi connectivity index (χ3v) is 9.60. The SMILES string of the molecule is COc1cc([C@H]2C(C#N)=C(N)N(c3sc4c(c3C#N)C3CCN4CC3)C3=C2C(=O)CCC3)cc(OC)c1OC. The number of carbonyl (C=O) groups is 1. The van der Waals surface area contributed by atoms with Crippen LogP contribution in [0, 0.1) is 22.7 Å². The van der Waals surface area contributed by atoms with E-state index >= 15 is 0 Å². The third-order valence-electron chi connectivity index (χ3n) is 8.35. The standard InChI is InChI=1S/C29H29N5O4S/c1-36-21-11-16(12-22(37-2)26(21)38-3)23-17(13-30)27(32)34(19-5-4-6-20(35)25(19)23)28-18(14-31)24-15-7-9-33(10-8-15)29(24)39-28/h11-12,15,23H,4-10,32H2,1-3H3/t23-/m0/s1. The maximum absolute atomic E-state index is 13.6. The maximum Gasteiger partial charge on any atom is 0.203 e. The summed E-state index contributed by atoms with van der Waals surface area (Å²) < 4.78 is 16.6. The molecule has 7 rings (SSSR count). The van der Waals surface area contributed by atoms with Crippen molar-refractivity contribution >= 4 is 27.1 Å². The summed E-state index contributed by atoms with van der Waals surface area (Å²) in [4.78, 5) is 17.8. The fourth-order valence-corrected chi connectivity index (χ4v) is 8.02. The number of thiophene rings is 1. The van der Waals surface area contributed by atoms with E-state index in [-0.39, 0.29) is 17.2 Å². The predicted octanol–water partition coefficient (Wildman–Crippen LogP) is 4.65. The molecule has 1 aromatic carbocycles. The number of hydrogen-bond acceptors (Lipinski definition) is 10. The lowest BCUT2D eigenvalue weighted by Crippen LogP contribution is -2.38. The normalized spacial score (nSPS) is 20.4. The van der Waals surface area contributed by atoms with Crippen molar-refractivity contribution in [3.8, 4) is 29.4 Å². The summed E-state index contributed by atoms with van der Waals surface area (Å²) in [7, 11) is 4.58. The van der Waals surface area contributed by atoms with Gasteiger partial charge in [-0.15, -0.1) is 0 Å². The number of Topliss-reactive ketones (excluding diaryl/α,β-unsaturated/α-hetero) is 1. The van der Waals surface area contributed by atoms with Crippen molar-refractivity contribution in [3.63, 3.8) is 0 Å². The van der Waals surface area contributed by atoms with Gasteiger partial charge >= 0.3 is 0 Å². The van der Waals surface area contributed by atoms with Gasteiger partial charge in [-0.25, -0.2) is 0 Å². The number of anilines is 2. The van der Waals surface area contributed by atoms with E-state index in [2.05, 4.69) is 17.0 Å². The molecule has 5 aliphatic rings. The van der Waals surface area contributed by atoms with Gasteiger partial charge in [0.2, 0.25) is 5.75 Å². The Morgan fingerprint density at radius 1 is 1.00 bits per heavy atom. The van der Waals surface area contributed by atoms with Gasteiger partial charge in [-0.3, -0.25) is 9.69 Å². The first kappa shape index (κ1) is 25.1. The molecule has 0 unspecified atom stereocenters. The summed E-state index contributed by atoms with van der Waals surface area (Å²) in [5.41, 5.74) is 10.8. The van der Waals surface area contributed by atoms with Crippen LogP contribution < -0.4 is 29.7 Å². The summed E-state index contributed by atoms with van der Waals surface area (Å²) in [6.07, 6.45) is 3.73.